The van der Waals surface area contributed by atoms with Gasteiger partial charge in [-0.3, -0.25) is 4.79 Å². The predicted octanol–water partition coefficient (Wildman–Crippen LogP) is 0.958. The Kier molecular flexibility index (Phi) is 6.21. The van der Waals surface area contributed by atoms with E-state index in [2.05, 4.69) is 5.32 Å². The monoisotopic (exact) mass is 279 g/mol. The summed E-state index contributed by atoms with van der Waals surface area (Å²) in [7, 11) is 0. The zero-order valence-corrected chi connectivity index (χ0v) is 11.8. The summed E-state index contributed by atoms with van der Waals surface area (Å²) in [6, 6.07) is 7.40. The van der Waals surface area contributed by atoms with Gasteiger partial charge in [-0.2, -0.15) is 0 Å². The number of para-hydroxylation sites is 1. The quantitative estimate of drug-likeness (QED) is 0.650. The van der Waals surface area contributed by atoms with Crippen molar-refractivity contribution in [1.82, 2.24) is 5.32 Å². The minimum atomic E-state index is -1.31. The zero-order chi connectivity index (χ0) is 15.0. The van der Waals surface area contributed by atoms with Crippen molar-refractivity contribution in [3.05, 3.63) is 35.9 Å². The molecule has 0 heterocycles. The molecule has 3 N–H and O–H groups in total. The minimum absolute atomic E-state index is 0.0141. The first-order valence-corrected chi connectivity index (χ1v) is 6.49. The highest BCUT2D eigenvalue weighted by Gasteiger charge is 2.18. The number of carbonyl (C=O) groups excluding carboxylic acids is 1. The average molecular weight is 279 g/mol. The van der Waals surface area contributed by atoms with E-state index in [4.69, 9.17) is 9.84 Å². The number of nitrogens with one attached hydrogen (secondary N) is 1. The molecule has 20 heavy (non-hydrogen) atoms. The van der Waals surface area contributed by atoms with Gasteiger partial charge in [-0.05, 0) is 26.0 Å². The van der Waals surface area contributed by atoms with Crippen LogP contribution in [0.3, 0.4) is 0 Å². The SMILES string of the molecule is CCOc1ccccc1C=CC(=O)NCC(C)(O)CO. The van der Waals surface area contributed by atoms with E-state index in [9.17, 15) is 9.90 Å². The topological polar surface area (TPSA) is 78.8 Å². The zero-order valence-electron chi connectivity index (χ0n) is 11.8. The van der Waals surface area contributed by atoms with Crippen LogP contribution >= 0.6 is 0 Å². The summed E-state index contributed by atoms with van der Waals surface area (Å²) in [6.45, 7) is 3.46. The molecular weight excluding hydrogens is 258 g/mol. The number of ether oxygens (including phenoxy) is 1. The van der Waals surface area contributed by atoms with Crippen molar-refractivity contribution in [2.45, 2.75) is 19.4 Å². The van der Waals surface area contributed by atoms with Crippen LogP contribution in [-0.4, -0.2) is 41.5 Å². The molecule has 1 atom stereocenters. The van der Waals surface area contributed by atoms with Crippen LogP contribution in [0.4, 0.5) is 0 Å². The fourth-order valence-electron chi connectivity index (χ4n) is 1.46. The van der Waals surface area contributed by atoms with Gasteiger partial charge < -0.3 is 20.3 Å². The summed E-state index contributed by atoms with van der Waals surface area (Å²) >= 11 is 0. The normalized spacial score (nSPS) is 14.0. The molecule has 0 aliphatic heterocycles. The van der Waals surface area contributed by atoms with E-state index in [1.807, 2.05) is 31.2 Å². The van der Waals surface area contributed by atoms with Gasteiger partial charge in [0.15, 0.2) is 0 Å². The fraction of sp³-hybridized carbons (Fsp3) is 0.400. The van der Waals surface area contributed by atoms with Crippen molar-refractivity contribution in [1.29, 1.82) is 0 Å². The molecular formula is C15H21NO4. The van der Waals surface area contributed by atoms with Crippen LogP contribution in [0.25, 0.3) is 6.08 Å². The Morgan fingerprint density at radius 2 is 2.15 bits per heavy atom. The largest absolute Gasteiger partial charge is 0.493 e. The van der Waals surface area contributed by atoms with Gasteiger partial charge in [-0.15, -0.1) is 0 Å². The summed E-state index contributed by atoms with van der Waals surface area (Å²) in [5, 5.41) is 21.0. The summed E-state index contributed by atoms with van der Waals surface area (Å²) in [5.41, 5.74) is -0.509. The van der Waals surface area contributed by atoms with Crippen molar-refractivity contribution < 1.29 is 19.7 Å². The minimum Gasteiger partial charge on any atom is -0.493 e. The molecule has 0 aromatic heterocycles. The van der Waals surface area contributed by atoms with Gasteiger partial charge in [0.25, 0.3) is 0 Å². The van der Waals surface area contributed by atoms with E-state index in [1.54, 1.807) is 6.08 Å². The highest BCUT2D eigenvalue weighted by Crippen LogP contribution is 2.19. The predicted molar refractivity (Wildman–Crippen MR) is 77.4 cm³/mol. The summed E-state index contributed by atoms with van der Waals surface area (Å²) in [4.78, 5) is 11.6. The van der Waals surface area contributed by atoms with Gasteiger partial charge in [-0.1, -0.05) is 18.2 Å². The van der Waals surface area contributed by atoms with Gasteiger partial charge >= 0.3 is 0 Å². The van der Waals surface area contributed by atoms with Gasteiger partial charge in [0, 0.05) is 18.2 Å². The van der Waals surface area contributed by atoms with E-state index >= 15 is 0 Å². The van der Waals surface area contributed by atoms with Crippen molar-refractivity contribution in [3.63, 3.8) is 0 Å². The Balaban J connectivity index is 2.61. The number of rotatable bonds is 7. The van der Waals surface area contributed by atoms with Crippen molar-refractivity contribution in [3.8, 4) is 5.75 Å². The number of benzene rings is 1. The Morgan fingerprint density at radius 1 is 1.45 bits per heavy atom. The van der Waals surface area contributed by atoms with Gasteiger partial charge in [-0.25, -0.2) is 0 Å². The second-order valence-corrected chi connectivity index (χ2v) is 4.68. The maximum Gasteiger partial charge on any atom is 0.244 e. The molecule has 0 saturated carbocycles. The number of aliphatic hydroxyl groups excluding tert-OH is 1. The highest BCUT2D eigenvalue weighted by atomic mass is 16.5. The van der Waals surface area contributed by atoms with Gasteiger partial charge in [0.05, 0.1) is 13.2 Å². The molecule has 5 heteroatoms. The molecule has 0 bridgehead atoms. The van der Waals surface area contributed by atoms with E-state index < -0.39 is 12.2 Å². The average Bonchev–Trinajstić information content (AvgIpc) is 2.44. The molecule has 5 nitrogen and oxygen atoms in total. The van der Waals surface area contributed by atoms with Crippen LogP contribution in [0.1, 0.15) is 19.4 Å². The first kappa shape index (κ1) is 16.2. The number of aliphatic hydroxyl groups is 2. The first-order chi connectivity index (χ1) is 9.48. The first-order valence-electron chi connectivity index (χ1n) is 6.49. The second kappa shape index (κ2) is 7.67. The maximum atomic E-state index is 11.6. The standard InChI is InChI=1S/C15H21NO4/c1-3-20-13-7-5-4-6-12(13)8-9-14(18)16-10-15(2,19)11-17/h4-9,17,19H,3,10-11H2,1-2H3,(H,16,18). The summed E-state index contributed by atoms with van der Waals surface area (Å²) in [6.07, 6.45) is 3.01. The Labute approximate surface area is 118 Å². The molecule has 110 valence electrons. The van der Waals surface area contributed by atoms with Crippen LogP contribution in [0.2, 0.25) is 0 Å². The Bertz CT molecular complexity index is 469. The summed E-state index contributed by atoms with van der Waals surface area (Å²) in [5.74, 6) is 0.367. The molecule has 0 spiro atoms. The van der Waals surface area contributed by atoms with Crippen LogP contribution in [-0.2, 0) is 4.79 Å². The van der Waals surface area contributed by atoms with E-state index in [0.717, 1.165) is 5.56 Å². The highest BCUT2D eigenvalue weighted by molar-refractivity contribution is 5.92. The number of amides is 1. The summed E-state index contributed by atoms with van der Waals surface area (Å²) < 4.78 is 5.44. The lowest BCUT2D eigenvalue weighted by atomic mass is 10.1. The van der Waals surface area contributed by atoms with Gasteiger partial charge in [0.1, 0.15) is 11.4 Å². The molecule has 0 aliphatic rings. The van der Waals surface area contributed by atoms with Crippen molar-refractivity contribution in [2.75, 3.05) is 19.8 Å². The Morgan fingerprint density at radius 3 is 2.80 bits per heavy atom. The lowest BCUT2D eigenvalue weighted by Crippen LogP contribution is -2.42. The van der Waals surface area contributed by atoms with Crippen LogP contribution < -0.4 is 10.1 Å². The number of hydrogen-bond acceptors (Lipinski definition) is 4. The lowest BCUT2D eigenvalue weighted by molar-refractivity contribution is -0.117. The number of carbonyl (C=O) groups is 1. The van der Waals surface area contributed by atoms with E-state index in [1.165, 1.54) is 13.0 Å². The molecule has 0 saturated heterocycles. The third-order valence-electron chi connectivity index (χ3n) is 2.62. The van der Waals surface area contributed by atoms with Crippen molar-refractivity contribution in [2.24, 2.45) is 0 Å². The number of hydrogen-bond donors (Lipinski definition) is 3. The lowest BCUT2D eigenvalue weighted by Gasteiger charge is -2.19. The molecule has 1 aromatic rings. The molecule has 0 aliphatic carbocycles. The van der Waals surface area contributed by atoms with Gasteiger partial charge in [0.2, 0.25) is 5.91 Å². The third kappa shape index (κ3) is 5.42. The maximum absolute atomic E-state index is 11.6. The third-order valence-corrected chi connectivity index (χ3v) is 2.62. The molecule has 1 unspecified atom stereocenters. The second-order valence-electron chi connectivity index (χ2n) is 4.68. The van der Waals surface area contributed by atoms with Crippen LogP contribution in [0.15, 0.2) is 30.3 Å². The molecule has 0 fully saturated rings. The Hall–Kier alpha value is -1.85. The van der Waals surface area contributed by atoms with Crippen LogP contribution in [0, 0.1) is 0 Å². The smallest absolute Gasteiger partial charge is 0.244 e. The molecule has 0 radical (unpaired) electrons. The van der Waals surface area contributed by atoms with Crippen LogP contribution in [0.5, 0.6) is 5.75 Å². The molecule has 1 rings (SSSR count). The van der Waals surface area contributed by atoms with Crippen molar-refractivity contribution >= 4 is 12.0 Å². The molecule has 1 amide bonds. The molecule has 1 aromatic carbocycles. The van der Waals surface area contributed by atoms with E-state index in [0.29, 0.717) is 12.4 Å². The fourth-order valence-corrected chi connectivity index (χ4v) is 1.46. The van der Waals surface area contributed by atoms with E-state index in [-0.39, 0.29) is 12.5 Å².